The van der Waals surface area contributed by atoms with E-state index in [1.807, 2.05) is 0 Å². The lowest BCUT2D eigenvalue weighted by molar-refractivity contribution is -0.127. The molecular weight excluding hydrogens is 325 g/mol. The fourth-order valence-electron chi connectivity index (χ4n) is 2.69. The molecule has 0 aromatic heterocycles. The maximum absolute atomic E-state index is 12.1. The van der Waals surface area contributed by atoms with Gasteiger partial charge in [0.25, 0.3) is 5.91 Å². The maximum atomic E-state index is 12.1. The van der Waals surface area contributed by atoms with Crippen LogP contribution in [0.5, 0.6) is 5.75 Å². The molecule has 1 aliphatic rings. The number of aliphatic hydroxyl groups excluding tert-OH is 1. The van der Waals surface area contributed by atoms with Gasteiger partial charge in [-0.15, -0.1) is 0 Å². The first kappa shape index (κ1) is 17.4. The summed E-state index contributed by atoms with van der Waals surface area (Å²) < 4.78 is 5.57. The largest absolute Gasteiger partial charge is 0.481 e. The lowest BCUT2D eigenvalue weighted by atomic mass is 9.87. The second-order valence-corrected chi connectivity index (χ2v) is 6.67. The highest BCUT2D eigenvalue weighted by Crippen LogP contribution is 2.25. The molecule has 1 fully saturated rings. The minimum atomic E-state index is -0.636. The zero-order valence-corrected chi connectivity index (χ0v) is 14.0. The van der Waals surface area contributed by atoms with Crippen LogP contribution in [-0.2, 0) is 4.79 Å². The summed E-state index contributed by atoms with van der Waals surface area (Å²) in [6.07, 6.45) is 2.78. The molecule has 1 amide bonds. The van der Waals surface area contributed by atoms with Gasteiger partial charge in [-0.1, -0.05) is 29.6 Å². The van der Waals surface area contributed by atoms with Gasteiger partial charge in [-0.3, -0.25) is 4.79 Å². The summed E-state index contributed by atoms with van der Waals surface area (Å²) >= 11 is 11.8. The van der Waals surface area contributed by atoms with Crippen LogP contribution in [0, 0.1) is 5.92 Å². The van der Waals surface area contributed by atoms with Crippen molar-refractivity contribution in [1.82, 2.24) is 5.32 Å². The number of carbonyl (C=O) groups excluding carboxylic acids is 1. The Labute approximate surface area is 140 Å². The Morgan fingerprint density at radius 3 is 2.68 bits per heavy atom. The number of carbonyl (C=O) groups is 1. The van der Waals surface area contributed by atoms with E-state index in [-0.39, 0.29) is 12.0 Å². The van der Waals surface area contributed by atoms with Crippen LogP contribution in [0.15, 0.2) is 18.2 Å². The van der Waals surface area contributed by atoms with Gasteiger partial charge in [0.1, 0.15) is 5.75 Å². The minimum absolute atomic E-state index is 0.184. The number of ether oxygens (including phenoxy) is 1. The molecule has 0 heterocycles. The summed E-state index contributed by atoms with van der Waals surface area (Å²) in [6, 6.07) is 4.85. The Hall–Kier alpha value is -0.970. The van der Waals surface area contributed by atoms with E-state index in [0.717, 1.165) is 25.7 Å². The van der Waals surface area contributed by atoms with E-state index in [9.17, 15) is 9.90 Å². The van der Waals surface area contributed by atoms with E-state index >= 15 is 0 Å². The van der Waals surface area contributed by atoms with Crippen molar-refractivity contribution in [3.63, 3.8) is 0 Å². The molecule has 6 heteroatoms. The van der Waals surface area contributed by atoms with Crippen molar-refractivity contribution in [3.8, 4) is 5.75 Å². The minimum Gasteiger partial charge on any atom is -0.481 e. The molecule has 2 N–H and O–H groups in total. The van der Waals surface area contributed by atoms with Crippen LogP contribution >= 0.6 is 23.2 Å². The van der Waals surface area contributed by atoms with Gasteiger partial charge in [0.2, 0.25) is 0 Å². The van der Waals surface area contributed by atoms with E-state index < -0.39 is 6.10 Å². The Morgan fingerprint density at radius 2 is 2.05 bits per heavy atom. The summed E-state index contributed by atoms with van der Waals surface area (Å²) in [5.41, 5.74) is 0. The number of rotatable bonds is 5. The maximum Gasteiger partial charge on any atom is 0.260 e. The van der Waals surface area contributed by atoms with Crippen molar-refractivity contribution in [3.05, 3.63) is 28.2 Å². The monoisotopic (exact) mass is 345 g/mol. The van der Waals surface area contributed by atoms with Crippen molar-refractivity contribution in [2.24, 2.45) is 5.92 Å². The zero-order chi connectivity index (χ0) is 16.1. The van der Waals surface area contributed by atoms with Crippen LogP contribution in [0.3, 0.4) is 0 Å². The quantitative estimate of drug-likeness (QED) is 0.859. The summed E-state index contributed by atoms with van der Waals surface area (Å²) in [7, 11) is 0. The third kappa shape index (κ3) is 5.34. The molecule has 22 heavy (non-hydrogen) atoms. The van der Waals surface area contributed by atoms with E-state index in [4.69, 9.17) is 27.9 Å². The molecule has 4 nitrogen and oxygen atoms in total. The van der Waals surface area contributed by atoms with Crippen molar-refractivity contribution < 1.29 is 14.6 Å². The highest BCUT2D eigenvalue weighted by atomic mass is 35.5. The Bertz CT molecular complexity index is 504. The van der Waals surface area contributed by atoms with Crippen LogP contribution in [0.1, 0.15) is 32.6 Å². The van der Waals surface area contributed by atoms with Crippen molar-refractivity contribution in [1.29, 1.82) is 0 Å². The zero-order valence-electron chi connectivity index (χ0n) is 12.5. The lowest BCUT2D eigenvalue weighted by Gasteiger charge is -2.26. The lowest BCUT2D eigenvalue weighted by Crippen LogP contribution is -2.40. The van der Waals surface area contributed by atoms with E-state index in [0.29, 0.717) is 28.3 Å². The molecule has 3 atom stereocenters. The molecule has 3 unspecified atom stereocenters. The second-order valence-electron chi connectivity index (χ2n) is 5.80. The molecule has 1 aromatic carbocycles. The van der Waals surface area contributed by atoms with Crippen LogP contribution < -0.4 is 10.1 Å². The number of halogens is 2. The predicted octanol–water partition coefficient (Wildman–Crippen LogP) is 3.43. The van der Waals surface area contributed by atoms with Gasteiger partial charge in [0, 0.05) is 16.6 Å². The molecule has 1 saturated carbocycles. The third-order valence-electron chi connectivity index (χ3n) is 3.84. The van der Waals surface area contributed by atoms with Gasteiger partial charge in [-0.2, -0.15) is 0 Å². The highest BCUT2D eigenvalue weighted by molar-refractivity contribution is 6.34. The molecule has 0 spiro atoms. The number of hydrogen-bond acceptors (Lipinski definition) is 3. The van der Waals surface area contributed by atoms with Gasteiger partial charge in [-0.25, -0.2) is 0 Å². The van der Waals surface area contributed by atoms with Crippen molar-refractivity contribution >= 4 is 29.1 Å². The molecule has 122 valence electrons. The van der Waals surface area contributed by atoms with Crippen LogP contribution in [0.25, 0.3) is 0 Å². The van der Waals surface area contributed by atoms with E-state index in [1.54, 1.807) is 25.1 Å². The average Bonchev–Trinajstić information content (AvgIpc) is 2.43. The van der Waals surface area contributed by atoms with Crippen molar-refractivity contribution in [2.45, 2.75) is 44.8 Å². The van der Waals surface area contributed by atoms with Gasteiger partial charge < -0.3 is 15.2 Å². The van der Waals surface area contributed by atoms with Crippen LogP contribution in [0.4, 0.5) is 0 Å². The van der Waals surface area contributed by atoms with Gasteiger partial charge in [0.05, 0.1) is 6.10 Å². The topological polar surface area (TPSA) is 58.6 Å². The molecule has 1 aromatic rings. The Morgan fingerprint density at radius 1 is 1.36 bits per heavy atom. The molecule has 2 rings (SSSR count). The number of amides is 1. The van der Waals surface area contributed by atoms with Gasteiger partial charge in [-0.05, 0) is 50.3 Å². The fraction of sp³-hybridized carbons (Fsp3) is 0.562. The average molecular weight is 346 g/mol. The normalized spacial score (nSPS) is 22.9. The first-order chi connectivity index (χ1) is 10.4. The van der Waals surface area contributed by atoms with Gasteiger partial charge in [0.15, 0.2) is 6.10 Å². The second kappa shape index (κ2) is 8.04. The SMILES string of the molecule is CC(Oc1cc(Cl)cc(Cl)c1)C(=O)NCC1CCCC(O)C1. The molecule has 1 aliphatic carbocycles. The fourth-order valence-corrected chi connectivity index (χ4v) is 3.20. The van der Waals surface area contributed by atoms with Gasteiger partial charge >= 0.3 is 0 Å². The summed E-state index contributed by atoms with van der Waals surface area (Å²) in [6.45, 7) is 2.25. The molecular formula is C16H21Cl2NO3. The molecule has 0 bridgehead atoms. The van der Waals surface area contributed by atoms with Crippen LogP contribution in [-0.4, -0.2) is 29.8 Å². The first-order valence-electron chi connectivity index (χ1n) is 7.52. The summed E-state index contributed by atoms with van der Waals surface area (Å²) in [4.78, 5) is 12.1. The Balaban J connectivity index is 1.81. The van der Waals surface area contributed by atoms with Crippen LogP contribution in [0.2, 0.25) is 10.0 Å². The number of nitrogens with one attached hydrogen (secondary N) is 1. The summed E-state index contributed by atoms with van der Waals surface area (Å²) in [5.74, 6) is 0.616. The molecule has 0 radical (unpaired) electrons. The molecule has 0 saturated heterocycles. The van der Waals surface area contributed by atoms with E-state index in [2.05, 4.69) is 5.32 Å². The number of hydrogen-bond donors (Lipinski definition) is 2. The first-order valence-corrected chi connectivity index (χ1v) is 8.28. The van der Waals surface area contributed by atoms with E-state index in [1.165, 1.54) is 0 Å². The summed E-state index contributed by atoms with van der Waals surface area (Å²) in [5, 5.41) is 13.4. The number of aliphatic hydroxyl groups is 1. The number of benzene rings is 1. The highest BCUT2D eigenvalue weighted by Gasteiger charge is 2.22. The standard InChI is InChI=1S/C16H21Cl2NO3/c1-10(22-15-7-12(17)6-13(18)8-15)16(21)19-9-11-3-2-4-14(20)5-11/h6-8,10-11,14,20H,2-5,9H2,1H3,(H,19,21). The Kier molecular flexibility index (Phi) is 6.36. The third-order valence-corrected chi connectivity index (χ3v) is 4.27. The van der Waals surface area contributed by atoms with Crippen molar-refractivity contribution in [2.75, 3.05) is 6.54 Å². The molecule has 0 aliphatic heterocycles. The predicted molar refractivity (Wildman–Crippen MR) is 87.5 cm³/mol. The smallest absolute Gasteiger partial charge is 0.260 e.